The fraction of sp³-hybridized carbons (Fsp3) is 0.588. The minimum absolute atomic E-state index is 0.109. The molecule has 0 atom stereocenters. The van der Waals surface area contributed by atoms with E-state index in [-0.39, 0.29) is 11.3 Å². The van der Waals surface area contributed by atoms with E-state index in [1.54, 1.807) is 0 Å². The molecule has 0 aromatic heterocycles. The Morgan fingerprint density at radius 2 is 1.95 bits per heavy atom. The molecular weight excluding hydrogens is 248 g/mol. The SMILES string of the molecule is Cc1ccccc1CC(=O)NCC1(CN)CCCCC1. The number of carbonyl (C=O) groups excluding carboxylic acids is 1. The van der Waals surface area contributed by atoms with Crippen molar-refractivity contribution in [2.45, 2.75) is 45.4 Å². The number of hydrogen-bond acceptors (Lipinski definition) is 2. The summed E-state index contributed by atoms with van der Waals surface area (Å²) in [5.74, 6) is 0.109. The molecule has 110 valence electrons. The molecule has 1 aromatic rings. The van der Waals surface area contributed by atoms with Crippen molar-refractivity contribution in [1.29, 1.82) is 0 Å². The molecule has 0 unspecified atom stereocenters. The second kappa shape index (κ2) is 6.89. The van der Waals surface area contributed by atoms with Gasteiger partial charge in [0.15, 0.2) is 0 Å². The van der Waals surface area contributed by atoms with Gasteiger partial charge in [0.2, 0.25) is 5.91 Å². The van der Waals surface area contributed by atoms with Crippen LogP contribution in [-0.2, 0) is 11.2 Å². The molecule has 20 heavy (non-hydrogen) atoms. The number of benzene rings is 1. The van der Waals surface area contributed by atoms with Crippen LogP contribution in [0.4, 0.5) is 0 Å². The third-order valence-electron chi connectivity index (χ3n) is 4.62. The van der Waals surface area contributed by atoms with Gasteiger partial charge in [-0.15, -0.1) is 0 Å². The summed E-state index contributed by atoms with van der Waals surface area (Å²) in [6.45, 7) is 3.46. The van der Waals surface area contributed by atoms with Crippen LogP contribution < -0.4 is 11.1 Å². The van der Waals surface area contributed by atoms with E-state index in [1.165, 1.54) is 24.8 Å². The van der Waals surface area contributed by atoms with Gasteiger partial charge in [-0.2, -0.15) is 0 Å². The predicted octanol–water partition coefficient (Wildman–Crippen LogP) is 2.56. The van der Waals surface area contributed by atoms with Gasteiger partial charge in [0.05, 0.1) is 6.42 Å². The number of hydrogen-bond donors (Lipinski definition) is 2. The maximum absolute atomic E-state index is 12.1. The Hall–Kier alpha value is -1.35. The van der Waals surface area contributed by atoms with Crippen molar-refractivity contribution in [3.8, 4) is 0 Å². The number of rotatable bonds is 5. The van der Waals surface area contributed by atoms with Crippen LogP contribution in [0.2, 0.25) is 0 Å². The number of aryl methyl sites for hydroxylation is 1. The number of carbonyl (C=O) groups is 1. The minimum atomic E-state index is 0.109. The largest absolute Gasteiger partial charge is 0.355 e. The van der Waals surface area contributed by atoms with Crippen molar-refractivity contribution in [2.24, 2.45) is 11.1 Å². The third kappa shape index (κ3) is 3.83. The molecule has 1 amide bonds. The fourth-order valence-corrected chi connectivity index (χ4v) is 3.08. The van der Waals surface area contributed by atoms with Crippen molar-refractivity contribution in [3.63, 3.8) is 0 Å². The summed E-state index contributed by atoms with van der Waals surface area (Å²) >= 11 is 0. The molecule has 1 aliphatic rings. The van der Waals surface area contributed by atoms with E-state index in [2.05, 4.69) is 5.32 Å². The number of nitrogens with one attached hydrogen (secondary N) is 1. The minimum Gasteiger partial charge on any atom is -0.355 e. The lowest BCUT2D eigenvalue weighted by atomic mass is 9.74. The molecule has 1 saturated carbocycles. The Morgan fingerprint density at radius 3 is 2.60 bits per heavy atom. The monoisotopic (exact) mass is 274 g/mol. The predicted molar refractivity (Wildman–Crippen MR) is 82.5 cm³/mol. The molecule has 0 spiro atoms. The van der Waals surface area contributed by atoms with Gasteiger partial charge in [-0.1, -0.05) is 43.5 Å². The van der Waals surface area contributed by atoms with Crippen LogP contribution >= 0.6 is 0 Å². The highest BCUT2D eigenvalue weighted by Crippen LogP contribution is 2.34. The summed E-state index contributed by atoms with van der Waals surface area (Å²) in [6, 6.07) is 8.06. The fourth-order valence-electron chi connectivity index (χ4n) is 3.08. The zero-order chi connectivity index (χ0) is 14.4. The topological polar surface area (TPSA) is 55.1 Å². The van der Waals surface area contributed by atoms with Gasteiger partial charge >= 0.3 is 0 Å². The normalized spacial score (nSPS) is 17.7. The van der Waals surface area contributed by atoms with Crippen LogP contribution in [0.1, 0.15) is 43.2 Å². The van der Waals surface area contributed by atoms with Gasteiger partial charge in [0, 0.05) is 6.54 Å². The van der Waals surface area contributed by atoms with Gasteiger partial charge < -0.3 is 11.1 Å². The summed E-state index contributed by atoms with van der Waals surface area (Å²) in [6.07, 6.45) is 6.55. The van der Waals surface area contributed by atoms with E-state index in [1.807, 2.05) is 31.2 Å². The van der Waals surface area contributed by atoms with E-state index in [0.29, 0.717) is 13.0 Å². The lowest BCUT2D eigenvalue weighted by Crippen LogP contribution is -2.44. The average molecular weight is 274 g/mol. The van der Waals surface area contributed by atoms with Crippen LogP contribution in [-0.4, -0.2) is 19.0 Å². The average Bonchev–Trinajstić information content (AvgIpc) is 2.49. The third-order valence-corrected chi connectivity index (χ3v) is 4.62. The van der Waals surface area contributed by atoms with Gasteiger partial charge in [0.1, 0.15) is 0 Å². The molecule has 0 aliphatic heterocycles. The van der Waals surface area contributed by atoms with Crippen LogP contribution in [0.3, 0.4) is 0 Å². The Morgan fingerprint density at radius 1 is 1.25 bits per heavy atom. The van der Waals surface area contributed by atoms with E-state index in [4.69, 9.17) is 5.73 Å². The molecule has 1 aliphatic carbocycles. The Kier molecular flexibility index (Phi) is 5.18. The van der Waals surface area contributed by atoms with Crippen molar-refractivity contribution in [1.82, 2.24) is 5.32 Å². The molecule has 3 heteroatoms. The van der Waals surface area contributed by atoms with E-state index >= 15 is 0 Å². The second-order valence-electron chi connectivity index (χ2n) is 6.14. The first-order valence-electron chi connectivity index (χ1n) is 7.66. The van der Waals surface area contributed by atoms with Gasteiger partial charge in [-0.3, -0.25) is 4.79 Å². The summed E-state index contributed by atoms with van der Waals surface area (Å²) in [5.41, 5.74) is 8.37. The molecule has 3 N–H and O–H groups in total. The molecule has 0 bridgehead atoms. The molecular formula is C17H26N2O. The maximum atomic E-state index is 12.1. The van der Waals surface area contributed by atoms with Crippen LogP contribution in [0, 0.1) is 12.3 Å². The van der Waals surface area contributed by atoms with Crippen molar-refractivity contribution in [2.75, 3.05) is 13.1 Å². The lowest BCUT2D eigenvalue weighted by Gasteiger charge is -2.36. The molecule has 0 saturated heterocycles. The summed E-state index contributed by atoms with van der Waals surface area (Å²) < 4.78 is 0. The van der Waals surface area contributed by atoms with Crippen molar-refractivity contribution in [3.05, 3.63) is 35.4 Å². The first kappa shape index (κ1) is 15.0. The Labute approximate surface area is 121 Å². The molecule has 1 aromatic carbocycles. The van der Waals surface area contributed by atoms with E-state index in [0.717, 1.165) is 24.9 Å². The maximum Gasteiger partial charge on any atom is 0.224 e. The standard InChI is InChI=1S/C17H26N2O/c1-14-7-3-4-8-15(14)11-16(20)19-13-17(12-18)9-5-2-6-10-17/h3-4,7-8H,2,5-6,9-13,18H2,1H3,(H,19,20). The molecule has 1 fully saturated rings. The van der Waals surface area contributed by atoms with Gasteiger partial charge in [-0.25, -0.2) is 0 Å². The second-order valence-corrected chi connectivity index (χ2v) is 6.14. The quantitative estimate of drug-likeness (QED) is 0.867. The van der Waals surface area contributed by atoms with Crippen LogP contribution in [0.15, 0.2) is 24.3 Å². The smallest absolute Gasteiger partial charge is 0.224 e. The summed E-state index contributed by atoms with van der Waals surface area (Å²) in [7, 11) is 0. The van der Waals surface area contributed by atoms with Gasteiger partial charge in [-0.05, 0) is 42.9 Å². The highest BCUT2D eigenvalue weighted by Gasteiger charge is 2.30. The Bertz CT molecular complexity index is 450. The van der Waals surface area contributed by atoms with Gasteiger partial charge in [0.25, 0.3) is 0 Å². The molecule has 0 radical (unpaired) electrons. The van der Waals surface area contributed by atoms with Crippen molar-refractivity contribution < 1.29 is 4.79 Å². The lowest BCUT2D eigenvalue weighted by molar-refractivity contribution is -0.121. The summed E-state index contributed by atoms with van der Waals surface area (Å²) in [4.78, 5) is 12.1. The molecule has 0 heterocycles. The molecule has 3 nitrogen and oxygen atoms in total. The van der Waals surface area contributed by atoms with Crippen molar-refractivity contribution >= 4 is 5.91 Å². The van der Waals surface area contributed by atoms with Crippen LogP contribution in [0.25, 0.3) is 0 Å². The first-order chi connectivity index (χ1) is 9.65. The zero-order valence-corrected chi connectivity index (χ0v) is 12.5. The first-order valence-corrected chi connectivity index (χ1v) is 7.66. The Balaban J connectivity index is 1.87. The van der Waals surface area contributed by atoms with Crippen LogP contribution in [0.5, 0.6) is 0 Å². The zero-order valence-electron chi connectivity index (χ0n) is 12.5. The van der Waals surface area contributed by atoms with E-state index < -0.39 is 0 Å². The number of nitrogens with two attached hydrogens (primary N) is 1. The number of amides is 1. The molecule has 2 rings (SSSR count). The van der Waals surface area contributed by atoms with E-state index in [9.17, 15) is 4.79 Å². The summed E-state index contributed by atoms with van der Waals surface area (Å²) in [5, 5.41) is 3.10. The highest BCUT2D eigenvalue weighted by atomic mass is 16.1. The highest BCUT2D eigenvalue weighted by molar-refractivity contribution is 5.78.